The van der Waals surface area contributed by atoms with Crippen LogP contribution >= 0.6 is 23.1 Å². The summed E-state index contributed by atoms with van der Waals surface area (Å²) in [4.78, 5) is 1.08. The lowest BCUT2D eigenvalue weighted by atomic mass is 10.00. The fourth-order valence-corrected chi connectivity index (χ4v) is 3.35. The molecule has 1 heterocycles. The Balaban J connectivity index is 2.31. The average Bonchev–Trinajstić information content (AvgIpc) is 2.91. The number of aromatic nitrogens is 2. The molecule has 1 unspecified atom stereocenters. The molecule has 1 atom stereocenters. The second-order valence-electron chi connectivity index (χ2n) is 5.23. The van der Waals surface area contributed by atoms with Crippen molar-refractivity contribution in [2.24, 2.45) is 0 Å². The Bertz CT molecular complexity index is 600. The van der Waals surface area contributed by atoms with Gasteiger partial charge in [0.15, 0.2) is 0 Å². The number of benzene rings is 1. The first-order valence-electron chi connectivity index (χ1n) is 7.02. The van der Waals surface area contributed by atoms with Gasteiger partial charge in [0.25, 0.3) is 0 Å². The predicted molar refractivity (Wildman–Crippen MR) is 85.5 cm³/mol. The SMILES string of the molecule is CCNC(Cc1cc(Cl)ccc1F)c1snnc1C(C)C. The van der Waals surface area contributed by atoms with E-state index in [1.165, 1.54) is 17.6 Å². The van der Waals surface area contributed by atoms with E-state index in [2.05, 4.69) is 28.8 Å². The molecule has 3 nitrogen and oxygen atoms in total. The summed E-state index contributed by atoms with van der Waals surface area (Å²) < 4.78 is 18.0. The molecule has 1 aromatic carbocycles. The van der Waals surface area contributed by atoms with Gasteiger partial charge in [-0.25, -0.2) is 4.39 Å². The van der Waals surface area contributed by atoms with E-state index in [-0.39, 0.29) is 11.9 Å². The molecule has 0 saturated carbocycles. The van der Waals surface area contributed by atoms with E-state index < -0.39 is 0 Å². The number of nitrogens with one attached hydrogen (secondary N) is 1. The van der Waals surface area contributed by atoms with E-state index in [0.29, 0.717) is 22.9 Å². The highest BCUT2D eigenvalue weighted by Gasteiger charge is 2.22. The number of likely N-dealkylation sites (N-methyl/N-ethyl adjacent to an activating group) is 1. The Morgan fingerprint density at radius 1 is 1.38 bits per heavy atom. The zero-order valence-corrected chi connectivity index (χ0v) is 13.9. The van der Waals surface area contributed by atoms with E-state index >= 15 is 0 Å². The molecule has 0 aliphatic heterocycles. The third-order valence-corrected chi connectivity index (χ3v) is 4.37. The molecular weight excluding hydrogens is 309 g/mol. The summed E-state index contributed by atoms with van der Waals surface area (Å²) in [6, 6.07) is 4.66. The van der Waals surface area contributed by atoms with E-state index in [1.54, 1.807) is 12.1 Å². The normalized spacial score (nSPS) is 12.9. The Morgan fingerprint density at radius 3 is 2.81 bits per heavy atom. The highest BCUT2D eigenvalue weighted by molar-refractivity contribution is 7.05. The topological polar surface area (TPSA) is 37.8 Å². The van der Waals surface area contributed by atoms with Crippen LogP contribution in [0.15, 0.2) is 18.2 Å². The maximum Gasteiger partial charge on any atom is 0.126 e. The van der Waals surface area contributed by atoms with Crippen LogP contribution in [0.5, 0.6) is 0 Å². The fourth-order valence-electron chi connectivity index (χ4n) is 2.27. The van der Waals surface area contributed by atoms with Gasteiger partial charge in [-0.1, -0.05) is 36.9 Å². The summed E-state index contributed by atoms with van der Waals surface area (Å²) in [6.45, 7) is 7.00. The molecule has 21 heavy (non-hydrogen) atoms. The summed E-state index contributed by atoms with van der Waals surface area (Å²) in [6.07, 6.45) is 0.532. The second-order valence-corrected chi connectivity index (χ2v) is 6.45. The van der Waals surface area contributed by atoms with Crippen LogP contribution < -0.4 is 5.32 Å². The molecule has 0 radical (unpaired) electrons. The van der Waals surface area contributed by atoms with Gasteiger partial charge in [-0.3, -0.25) is 0 Å². The van der Waals surface area contributed by atoms with Gasteiger partial charge in [0.05, 0.1) is 10.6 Å². The summed E-state index contributed by atoms with van der Waals surface area (Å²) in [5.74, 6) is 0.0648. The molecule has 0 amide bonds. The first-order chi connectivity index (χ1) is 10.0. The monoisotopic (exact) mass is 327 g/mol. The maximum absolute atomic E-state index is 14.0. The van der Waals surface area contributed by atoms with Crippen molar-refractivity contribution < 1.29 is 4.39 Å². The van der Waals surface area contributed by atoms with Crippen LogP contribution in [0.1, 0.15) is 48.9 Å². The number of halogens is 2. The molecule has 2 rings (SSSR count). The molecule has 1 N–H and O–H groups in total. The van der Waals surface area contributed by atoms with Crippen LogP contribution in [0.4, 0.5) is 4.39 Å². The van der Waals surface area contributed by atoms with Gasteiger partial charge in [0, 0.05) is 11.1 Å². The molecule has 0 saturated heterocycles. The maximum atomic E-state index is 14.0. The molecule has 0 aliphatic rings. The Labute approximate surface area is 133 Å². The fraction of sp³-hybridized carbons (Fsp3) is 0.467. The molecule has 114 valence electrons. The number of hydrogen-bond donors (Lipinski definition) is 1. The van der Waals surface area contributed by atoms with Crippen molar-refractivity contribution in [1.82, 2.24) is 14.9 Å². The third kappa shape index (κ3) is 3.99. The molecule has 0 fully saturated rings. The van der Waals surface area contributed by atoms with Crippen LogP contribution in [0.2, 0.25) is 5.02 Å². The zero-order chi connectivity index (χ0) is 15.4. The Morgan fingerprint density at radius 2 is 2.14 bits per heavy atom. The minimum atomic E-state index is -0.231. The van der Waals surface area contributed by atoms with Crippen LogP contribution in [-0.4, -0.2) is 16.1 Å². The number of hydrogen-bond acceptors (Lipinski definition) is 4. The molecule has 2 aromatic rings. The number of nitrogens with zero attached hydrogens (tertiary/aromatic N) is 2. The van der Waals surface area contributed by atoms with Gasteiger partial charge in [-0.15, -0.1) is 5.10 Å². The smallest absolute Gasteiger partial charge is 0.126 e. The van der Waals surface area contributed by atoms with Crippen molar-refractivity contribution in [2.75, 3.05) is 6.54 Å². The first-order valence-corrected chi connectivity index (χ1v) is 8.17. The van der Waals surface area contributed by atoms with E-state index in [1.807, 2.05) is 6.92 Å². The van der Waals surface area contributed by atoms with Crippen molar-refractivity contribution in [1.29, 1.82) is 0 Å². The zero-order valence-electron chi connectivity index (χ0n) is 12.4. The lowest BCUT2D eigenvalue weighted by molar-refractivity contribution is 0.528. The minimum absolute atomic E-state index is 0.000340. The molecule has 1 aromatic heterocycles. The van der Waals surface area contributed by atoms with Crippen LogP contribution in [0.25, 0.3) is 0 Å². The highest BCUT2D eigenvalue weighted by Crippen LogP contribution is 2.29. The summed E-state index contributed by atoms with van der Waals surface area (Å²) in [7, 11) is 0. The number of rotatable bonds is 6. The van der Waals surface area contributed by atoms with Crippen molar-refractivity contribution in [3.8, 4) is 0 Å². The Kier molecular flexibility index (Phi) is 5.67. The largest absolute Gasteiger partial charge is 0.309 e. The highest BCUT2D eigenvalue weighted by atomic mass is 35.5. The quantitative estimate of drug-likeness (QED) is 0.857. The van der Waals surface area contributed by atoms with E-state index in [0.717, 1.165) is 17.1 Å². The summed E-state index contributed by atoms with van der Waals surface area (Å²) >= 11 is 7.35. The van der Waals surface area contributed by atoms with E-state index in [9.17, 15) is 4.39 Å². The van der Waals surface area contributed by atoms with Gasteiger partial charge in [-0.05, 0) is 54.2 Å². The van der Waals surface area contributed by atoms with Crippen molar-refractivity contribution in [3.05, 3.63) is 45.2 Å². The van der Waals surface area contributed by atoms with Gasteiger partial charge < -0.3 is 5.32 Å². The minimum Gasteiger partial charge on any atom is -0.309 e. The van der Waals surface area contributed by atoms with Crippen LogP contribution in [0.3, 0.4) is 0 Å². The van der Waals surface area contributed by atoms with E-state index in [4.69, 9.17) is 11.6 Å². The standard InChI is InChI=1S/C15H19ClFN3S/c1-4-18-13(15-14(9(2)3)19-20-21-15)8-10-7-11(16)5-6-12(10)17/h5-7,9,13,18H,4,8H2,1-3H3. The first kappa shape index (κ1) is 16.3. The van der Waals surface area contributed by atoms with Crippen molar-refractivity contribution >= 4 is 23.1 Å². The van der Waals surface area contributed by atoms with Gasteiger partial charge in [-0.2, -0.15) is 0 Å². The summed E-state index contributed by atoms with van der Waals surface area (Å²) in [5, 5.41) is 8.15. The molecule has 0 spiro atoms. The van der Waals surface area contributed by atoms with Gasteiger partial charge in [0.2, 0.25) is 0 Å². The van der Waals surface area contributed by atoms with Gasteiger partial charge >= 0.3 is 0 Å². The third-order valence-electron chi connectivity index (χ3n) is 3.29. The molecular formula is C15H19ClFN3S. The van der Waals surface area contributed by atoms with Crippen molar-refractivity contribution in [2.45, 2.75) is 39.2 Å². The van der Waals surface area contributed by atoms with Gasteiger partial charge in [0.1, 0.15) is 5.82 Å². The Hall–Kier alpha value is -1.04. The van der Waals surface area contributed by atoms with Crippen LogP contribution in [0, 0.1) is 5.82 Å². The second kappa shape index (κ2) is 7.29. The molecule has 6 heteroatoms. The van der Waals surface area contributed by atoms with Crippen LogP contribution in [-0.2, 0) is 6.42 Å². The average molecular weight is 328 g/mol. The molecule has 0 aliphatic carbocycles. The molecule has 0 bridgehead atoms. The lowest BCUT2D eigenvalue weighted by Crippen LogP contribution is -2.23. The lowest BCUT2D eigenvalue weighted by Gasteiger charge is -2.18. The predicted octanol–water partition coefficient (Wildman–Crippen LogP) is 4.35. The summed E-state index contributed by atoms with van der Waals surface area (Å²) in [5.41, 5.74) is 1.59. The van der Waals surface area contributed by atoms with Crippen molar-refractivity contribution in [3.63, 3.8) is 0 Å².